The fourth-order valence-electron chi connectivity index (χ4n) is 2.56. The molecule has 0 aromatic carbocycles. The first-order valence-corrected chi connectivity index (χ1v) is 7.10. The van der Waals surface area contributed by atoms with Crippen LogP contribution in [0.5, 0.6) is 0 Å². The molecule has 0 aliphatic rings. The molecule has 1 unspecified atom stereocenters. The summed E-state index contributed by atoms with van der Waals surface area (Å²) in [6, 6.07) is 4.27. The average molecular weight is 265 g/mol. The SMILES string of the molecule is CCc1ccc(CC(NN)C(CC)(CC)OC)nc1. The highest BCUT2D eigenvalue weighted by Crippen LogP contribution is 2.25. The summed E-state index contributed by atoms with van der Waals surface area (Å²) in [5, 5.41) is 0. The molecule has 0 radical (unpaired) electrons. The molecule has 19 heavy (non-hydrogen) atoms. The number of nitrogens with zero attached hydrogens (tertiary/aromatic N) is 1. The second-order valence-electron chi connectivity index (χ2n) is 4.91. The van der Waals surface area contributed by atoms with Crippen LogP contribution in [0, 0.1) is 0 Å². The summed E-state index contributed by atoms with van der Waals surface area (Å²) < 4.78 is 5.74. The van der Waals surface area contributed by atoms with Crippen molar-refractivity contribution in [2.75, 3.05) is 7.11 Å². The van der Waals surface area contributed by atoms with Gasteiger partial charge in [-0.25, -0.2) is 0 Å². The van der Waals surface area contributed by atoms with E-state index in [9.17, 15) is 0 Å². The lowest BCUT2D eigenvalue weighted by Gasteiger charge is -2.38. The third-order valence-corrected chi connectivity index (χ3v) is 4.15. The van der Waals surface area contributed by atoms with Gasteiger partial charge in [0.2, 0.25) is 0 Å². The molecule has 1 heterocycles. The van der Waals surface area contributed by atoms with Gasteiger partial charge in [-0.1, -0.05) is 26.8 Å². The summed E-state index contributed by atoms with van der Waals surface area (Å²) in [4.78, 5) is 4.50. The van der Waals surface area contributed by atoms with E-state index in [1.54, 1.807) is 7.11 Å². The molecule has 1 atom stereocenters. The Morgan fingerprint density at radius 1 is 1.32 bits per heavy atom. The zero-order valence-electron chi connectivity index (χ0n) is 12.6. The fraction of sp³-hybridized carbons (Fsp3) is 0.667. The number of hydrogen-bond donors (Lipinski definition) is 2. The maximum absolute atomic E-state index is 5.74. The predicted octanol–water partition coefficient (Wildman–Crippen LogP) is 2.22. The summed E-state index contributed by atoms with van der Waals surface area (Å²) in [7, 11) is 1.75. The predicted molar refractivity (Wildman–Crippen MR) is 78.8 cm³/mol. The number of rotatable bonds is 8. The number of hydrogen-bond acceptors (Lipinski definition) is 4. The van der Waals surface area contributed by atoms with Crippen molar-refractivity contribution in [2.45, 2.75) is 58.1 Å². The van der Waals surface area contributed by atoms with Crippen molar-refractivity contribution in [1.29, 1.82) is 0 Å². The molecule has 0 aliphatic carbocycles. The summed E-state index contributed by atoms with van der Waals surface area (Å²) >= 11 is 0. The van der Waals surface area contributed by atoms with Crippen LogP contribution in [-0.4, -0.2) is 23.7 Å². The number of aryl methyl sites for hydroxylation is 1. The van der Waals surface area contributed by atoms with Gasteiger partial charge in [0.25, 0.3) is 0 Å². The van der Waals surface area contributed by atoms with Gasteiger partial charge in [-0.05, 0) is 30.9 Å². The highest BCUT2D eigenvalue weighted by atomic mass is 16.5. The van der Waals surface area contributed by atoms with Crippen molar-refractivity contribution in [1.82, 2.24) is 10.4 Å². The first-order chi connectivity index (χ1) is 9.15. The highest BCUT2D eigenvalue weighted by Gasteiger charge is 2.35. The molecule has 0 spiro atoms. The number of nitrogens with one attached hydrogen (secondary N) is 1. The minimum atomic E-state index is -0.236. The van der Waals surface area contributed by atoms with E-state index in [0.29, 0.717) is 0 Å². The number of ether oxygens (including phenoxy) is 1. The van der Waals surface area contributed by atoms with Crippen LogP contribution >= 0.6 is 0 Å². The molecule has 1 aromatic rings. The zero-order valence-corrected chi connectivity index (χ0v) is 12.6. The Kier molecular flexibility index (Phi) is 6.42. The van der Waals surface area contributed by atoms with E-state index in [0.717, 1.165) is 31.4 Å². The van der Waals surface area contributed by atoms with Gasteiger partial charge in [0.1, 0.15) is 0 Å². The maximum atomic E-state index is 5.74. The Bertz CT molecular complexity index is 352. The van der Waals surface area contributed by atoms with Crippen LogP contribution in [0.25, 0.3) is 0 Å². The molecule has 108 valence electrons. The van der Waals surface area contributed by atoms with Crippen molar-refractivity contribution in [3.8, 4) is 0 Å². The van der Waals surface area contributed by atoms with E-state index in [1.807, 2.05) is 6.20 Å². The zero-order chi connectivity index (χ0) is 14.3. The molecule has 0 fully saturated rings. The minimum Gasteiger partial charge on any atom is -0.377 e. The van der Waals surface area contributed by atoms with Gasteiger partial charge in [-0.2, -0.15) is 0 Å². The van der Waals surface area contributed by atoms with Crippen LogP contribution in [0.2, 0.25) is 0 Å². The Labute approximate surface area is 116 Å². The topological polar surface area (TPSA) is 60.2 Å². The molecule has 0 bridgehead atoms. The summed E-state index contributed by atoms with van der Waals surface area (Å²) in [6.07, 6.45) is 5.56. The monoisotopic (exact) mass is 265 g/mol. The number of methoxy groups -OCH3 is 1. The van der Waals surface area contributed by atoms with Gasteiger partial charge in [-0.3, -0.25) is 16.3 Å². The Hall–Kier alpha value is -0.970. The van der Waals surface area contributed by atoms with Crippen molar-refractivity contribution in [3.63, 3.8) is 0 Å². The van der Waals surface area contributed by atoms with Gasteiger partial charge in [0.15, 0.2) is 0 Å². The molecular formula is C15H27N3O. The number of aromatic nitrogens is 1. The largest absolute Gasteiger partial charge is 0.377 e. The lowest BCUT2D eigenvalue weighted by Crippen LogP contribution is -2.55. The molecule has 0 amide bonds. The van der Waals surface area contributed by atoms with Crippen LogP contribution in [0.3, 0.4) is 0 Å². The Balaban J connectivity index is 2.85. The maximum Gasteiger partial charge on any atom is 0.0842 e. The molecule has 1 aromatic heterocycles. The summed E-state index contributed by atoms with van der Waals surface area (Å²) in [5.74, 6) is 5.73. The average Bonchev–Trinajstić information content (AvgIpc) is 2.49. The van der Waals surface area contributed by atoms with Crippen LogP contribution in [0.15, 0.2) is 18.3 Å². The summed E-state index contributed by atoms with van der Waals surface area (Å²) in [5.41, 5.74) is 4.97. The fourth-order valence-corrected chi connectivity index (χ4v) is 2.56. The van der Waals surface area contributed by atoms with Crippen molar-refractivity contribution < 1.29 is 4.74 Å². The van der Waals surface area contributed by atoms with Gasteiger partial charge in [0.05, 0.1) is 11.6 Å². The molecule has 4 heteroatoms. The minimum absolute atomic E-state index is 0.0625. The second-order valence-corrected chi connectivity index (χ2v) is 4.91. The van der Waals surface area contributed by atoms with Crippen molar-refractivity contribution >= 4 is 0 Å². The van der Waals surface area contributed by atoms with Crippen molar-refractivity contribution in [3.05, 3.63) is 29.6 Å². The van der Waals surface area contributed by atoms with Gasteiger partial charge in [-0.15, -0.1) is 0 Å². The van der Waals surface area contributed by atoms with Crippen molar-refractivity contribution in [2.24, 2.45) is 5.84 Å². The van der Waals surface area contributed by atoms with E-state index in [2.05, 4.69) is 43.3 Å². The van der Waals surface area contributed by atoms with E-state index >= 15 is 0 Å². The molecule has 1 rings (SSSR count). The first-order valence-electron chi connectivity index (χ1n) is 7.10. The van der Waals surface area contributed by atoms with Gasteiger partial charge >= 0.3 is 0 Å². The number of hydrazine groups is 1. The van der Waals surface area contributed by atoms with Gasteiger partial charge in [0, 0.05) is 25.4 Å². The Morgan fingerprint density at radius 2 is 2.00 bits per heavy atom. The molecule has 0 aliphatic heterocycles. The van der Waals surface area contributed by atoms with E-state index in [-0.39, 0.29) is 11.6 Å². The van der Waals surface area contributed by atoms with Crippen LogP contribution in [-0.2, 0) is 17.6 Å². The second kappa shape index (κ2) is 7.58. The van der Waals surface area contributed by atoms with E-state index in [1.165, 1.54) is 5.56 Å². The smallest absolute Gasteiger partial charge is 0.0842 e. The van der Waals surface area contributed by atoms with Crippen LogP contribution in [0.4, 0.5) is 0 Å². The number of pyridine rings is 1. The van der Waals surface area contributed by atoms with Crippen LogP contribution < -0.4 is 11.3 Å². The van der Waals surface area contributed by atoms with E-state index in [4.69, 9.17) is 10.6 Å². The van der Waals surface area contributed by atoms with Gasteiger partial charge < -0.3 is 4.74 Å². The molecular weight excluding hydrogens is 238 g/mol. The van der Waals surface area contributed by atoms with E-state index < -0.39 is 0 Å². The number of nitrogens with two attached hydrogens (primary N) is 1. The normalized spacial score (nSPS) is 13.5. The summed E-state index contributed by atoms with van der Waals surface area (Å²) in [6.45, 7) is 6.39. The standard InChI is InChI=1S/C15H27N3O/c1-5-12-8-9-13(17-11-12)10-14(18-16)15(6-2,7-3)19-4/h8-9,11,14,18H,5-7,10,16H2,1-4H3. The molecule has 3 N–H and O–H groups in total. The molecule has 0 saturated carbocycles. The Morgan fingerprint density at radius 3 is 2.37 bits per heavy atom. The van der Waals surface area contributed by atoms with Crippen LogP contribution in [0.1, 0.15) is 44.9 Å². The quantitative estimate of drug-likeness (QED) is 0.559. The molecule has 0 saturated heterocycles. The third kappa shape index (κ3) is 3.75. The highest BCUT2D eigenvalue weighted by molar-refractivity contribution is 5.15. The lowest BCUT2D eigenvalue weighted by molar-refractivity contribution is -0.0475. The first kappa shape index (κ1) is 16.1. The molecule has 4 nitrogen and oxygen atoms in total. The third-order valence-electron chi connectivity index (χ3n) is 4.15. The lowest BCUT2D eigenvalue weighted by atomic mass is 9.85.